The first-order valence-corrected chi connectivity index (χ1v) is 8.91. The number of rotatable bonds is 5. The van der Waals surface area contributed by atoms with E-state index in [9.17, 15) is 9.90 Å². The molecule has 0 spiro atoms. The quantitative estimate of drug-likeness (QED) is 0.405. The van der Waals surface area contributed by atoms with Gasteiger partial charge in [0.05, 0.1) is 24.4 Å². The number of aromatic hydroxyl groups is 1. The molecule has 0 bridgehead atoms. The van der Waals surface area contributed by atoms with Gasteiger partial charge in [0.1, 0.15) is 0 Å². The number of hydrogen-bond donors (Lipinski definition) is 2. The average Bonchev–Trinajstić information content (AvgIpc) is 2.77. The van der Waals surface area contributed by atoms with E-state index in [0.29, 0.717) is 28.0 Å². The van der Waals surface area contributed by atoms with Crippen LogP contribution in [0.15, 0.2) is 82.7 Å². The number of phenols is 1. The number of methoxy groups -OCH3 is 1. The van der Waals surface area contributed by atoms with E-state index >= 15 is 0 Å². The average molecular weight is 386 g/mol. The third kappa shape index (κ3) is 3.66. The molecule has 1 aromatic heterocycles. The molecular weight excluding hydrogens is 368 g/mol. The fraction of sp³-hybridized carbons (Fsp3) is 0.0455. The summed E-state index contributed by atoms with van der Waals surface area (Å²) >= 11 is 0. The standard InChI is InChI=1S/C22H18N4O3/c1-29-20-13-15(11-12-19(20)27)14-23-24-21-17-9-5-6-10-18(17)22(28)26(25-21)16-7-3-2-4-8-16/h2-14,27H,1H3,(H,24,25)/b23-14+. The van der Waals surface area contributed by atoms with Crippen molar-refractivity contribution >= 4 is 22.8 Å². The van der Waals surface area contributed by atoms with E-state index in [1.807, 2.05) is 48.5 Å². The molecule has 0 aliphatic carbocycles. The van der Waals surface area contributed by atoms with Crippen LogP contribution in [-0.2, 0) is 0 Å². The molecule has 0 aliphatic heterocycles. The molecule has 7 nitrogen and oxygen atoms in total. The van der Waals surface area contributed by atoms with Gasteiger partial charge < -0.3 is 9.84 Å². The van der Waals surface area contributed by atoms with Crippen molar-refractivity contribution in [3.63, 3.8) is 0 Å². The third-order valence-corrected chi connectivity index (χ3v) is 4.39. The number of ether oxygens (including phenoxy) is 1. The molecule has 144 valence electrons. The van der Waals surface area contributed by atoms with Crippen LogP contribution in [0.2, 0.25) is 0 Å². The van der Waals surface area contributed by atoms with Crippen LogP contribution < -0.4 is 15.7 Å². The SMILES string of the molecule is COc1cc(/C=N/Nc2nn(-c3ccccc3)c(=O)c3ccccc23)ccc1O. The Balaban J connectivity index is 1.74. The highest BCUT2D eigenvalue weighted by molar-refractivity contribution is 5.91. The lowest BCUT2D eigenvalue weighted by molar-refractivity contribution is 0.373. The zero-order chi connectivity index (χ0) is 20.2. The monoisotopic (exact) mass is 386 g/mol. The number of aromatic nitrogens is 2. The molecule has 7 heteroatoms. The second-order valence-electron chi connectivity index (χ2n) is 6.25. The highest BCUT2D eigenvalue weighted by Crippen LogP contribution is 2.25. The maximum absolute atomic E-state index is 12.9. The number of phenolic OH excluding ortho intramolecular Hbond substituents is 1. The number of anilines is 1. The Hall–Kier alpha value is -4.13. The summed E-state index contributed by atoms with van der Waals surface area (Å²) in [4.78, 5) is 12.9. The van der Waals surface area contributed by atoms with Crippen LogP contribution in [0.1, 0.15) is 5.56 Å². The molecule has 3 aromatic carbocycles. The smallest absolute Gasteiger partial charge is 0.279 e. The molecule has 0 unspecified atom stereocenters. The normalized spacial score (nSPS) is 11.1. The van der Waals surface area contributed by atoms with Gasteiger partial charge in [-0.15, -0.1) is 5.10 Å². The van der Waals surface area contributed by atoms with Gasteiger partial charge >= 0.3 is 0 Å². The number of hydrazone groups is 1. The Bertz CT molecular complexity index is 1250. The van der Waals surface area contributed by atoms with E-state index in [4.69, 9.17) is 4.74 Å². The van der Waals surface area contributed by atoms with Crippen LogP contribution in [0.3, 0.4) is 0 Å². The Morgan fingerprint density at radius 3 is 2.52 bits per heavy atom. The fourth-order valence-corrected chi connectivity index (χ4v) is 2.96. The molecule has 1 heterocycles. The molecule has 0 saturated carbocycles. The number of benzene rings is 3. The van der Waals surface area contributed by atoms with Crippen molar-refractivity contribution in [2.75, 3.05) is 12.5 Å². The van der Waals surface area contributed by atoms with Crippen molar-refractivity contribution in [3.8, 4) is 17.2 Å². The van der Waals surface area contributed by atoms with Crippen molar-refractivity contribution in [3.05, 3.63) is 88.7 Å². The fourth-order valence-electron chi connectivity index (χ4n) is 2.96. The summed E-state index contributed by atoms with van der Waals surface area (Å²) in [6, 6.07) is 21.4. The summed E-state index contributed by atoms with van der Waals surface area (Å²) in [7, 11) is 1.48. The predicted molar refractivity (Wildman–Crippen MR) is 113 cm³/mol. The number of para-hydroxylation sites is 1. The maximum atomic E-state index is 12.9. The first-order chi connectivity index (χ1) is 14.2. The summed E-state index contributed by atoms with van der Waals surface area (Å²) in [5.41, 5.74) is 4.11. The van der Waals surface area contributed by atoms with Crippen molar-refractivity contribution in [2.24, 2.45) is 5.10 Å². The van der Waals surface area contributed by atoms with Gasteiger partial charge in [0.2, 0.25) is 0 Å². The molecule has 0 radical (unpaired) electrons. The van der Waals surface area contributed by atoms with Crippen molar-refractivity contribution in [1.82, 2.24) is 9.78 Å². The molecule has 0 saturated heterocycles. The van der Waals surface area contributed by atoms with E-state index in [2.05, 4.69) is 15.6 Å². The lowest BCUT2D eigenvalue weighted by atomic mass is 10.2. The molecule has 29 heavy (non-hydrogen) atoms. The van der Waals surface area contributed by atoms with Crippen LogP contribution in [0, 0.1) is 0 Å². The summed E-state index contributed by atoms with van der Waals surface area (Å²) in [5, 5.41) is 19.6. The second-order valence-corrected chi connectivity index (χ2v) is 6.25. The first kappa shape index (κ1) is 18.2. The van der Waals surface area contributed by atoms with Crippen LogP contribution in [-0.4, -0.2) is 28.2 Å². The minimum Gasteiger partial charge on any atom is -0.504 e. The Morgan fingerprint density at radius 2 is 1.76 bits per heavy atom. The Labute approximate surface area is 166 Å². The largest absolute Gasteiger partial charge is 0.504 e. The van der Waals surface area contributed by atoms with Crippen molar-refractivity contribution in [1.29, 1.82) is 0 Å². The topological polar surface area (TPSA) is 88.7 Å². The van der Waals surface area contributed by atoms with Crippen LogP contribution >= 0.6 is 0 Å². The van der Waals surface area contributed by atoms with E-state index in [-0.39, 0.29) is 11.3 Å². The summed E-state index contributed by atoms with van der Waals surface area (Å²) in [5.74, 6) is 0.862. The Morgan fingerprint density at radius 1 is 1.03 bits per heavy atom. The Kier molecular flexibility index (Phi) is 4.94. The van der Waals surface area contributed by atoms with Gasteiger partial charge in [-0.3, -0.25) is 10.2 Å². The molecule has 0 fully saturated rings. The minimum absolute atomic E-state index is 0.0557. The number of nitrogens with zero attached hydrogens (tertiary/aromatic N) is 3. The molecule has 0 aliphatic rings. The van der Waals surface area contributed by atoms with Crippen LogP contribution in [0.25, 0.3) is 16.5 Å². The van der Waals surface area contributed by atoms with Gasteiger partial charge in [-0.05, 0) is 42.0 Å². The number of hydrogen-bond acceptors (Lipinski definition) is 6. The lowest BCUT2D eigenvalue weighted by Gasteiger charge is -2.10. The van der Waals surface area contributed by atoms with Crippen LogP contribution in [0.4, 0.5) is 5.82 Å². The molecule has 2 N–H and O–H groups in total. The number of nitrogens with one attached hydrogen (secondary N) is 1. The highest BCUT2D eigenvalue weighted by atomic mass is 16.5. The zero-order valence-corrected chi connectivity index (χ0v) is 15.6. The molecule has 4 rings (SSSR count). The van der Waals surface area contributed by atoms with E-state index in [0.717, 1.165) is 5.56 Å². The minimum atomic E-state index is -0.204. The van der Waals surface area contributed by atoms with Gasteiger partial charge in [-0.25, -0.2) is 0 Å². The zero-order valence-electron chi connectivity index (χ0n) is 15.6. The van der Waals surface area contributed by atoms with Gasteiger partial charge in [0.25, 0.3) is 5.56 Å². The summed E-state index contributed by atoms with van der Waals surface area (Å²) < 4.78 is 6.45. The number of fused-ring (bicyclic) bond motifs is 1. The first-order valence-electron chi connectivity index (χ1n) is 8.91. The molecular formula is C22H18N4O3. The van der Waals surface area contributed by atoms with Crippen LogP contribution in [0.5, 0.6) is 11.5 Å². The summed E-state index contributed by atoms with van der Waals surface area (Å²) in [6.07, 6.45) is 1.58. The lowest BCUT2D eigenvalue weighted by Crippen LogP contribution is -2.22. The van der Waals surface area contributed by atoms with Gasteiger partial charge in [-0.2, -0.15) is 9.78 Å². The molecule has 0 amide bonds. The van der Waals surface area contributed by atoms with Gasteiger partial charge in [0.15, 0.2) is 17.3 Å². The van der Waals surface area contributed by atoms with E-state index < -0.39 is 0 Å². The van der Waals surface area contributed by atoms with E-state index in [1.54, 1.807) is 24.4 Å². The second kappa shape index (κ2) is 7.85. The van der Waals surface area contributed by atoms with Crippen molar-refractivity contribution in [2.45, 2.75) is 0 Å². The summed E-state index contributed by atoms with van der Waals surface area (Å²) in [6.45, 7) is 0. The highest BCUT2D eigenvalue weighted by Gasteiger charge is 2.11. The predicted octanol–water partition coefficient (Wildman–Crippen LogP) is 3.55. The van der Waals surface area contributed by atoms with E-state index in [1.165, 1.54) is 17.9 Å². The molecule has 4 aromatic rings. The van der Waals surface area contributed by atoms with Crippen molar-refractivity contribution < 1.29 is 9.84 Å². The molecule has 0 atom stereocenters. The third-order valence-electron chi connectivity index (χ3n) is 4.39. The van der Waals surface area contributed by atoms with Gasteiger partial charge in [-0.1, -0.05) is 36.4 Å². The maximum Gasteiger partial charge on any atom is 0.279 e. The van der Waals surface area contributed by atoms with Gasteiger partial charge in [0, 0.05) is 5.39 Å².